The van der Waals surface area contributed by atoms with E-state index in [1.54, 1.807) is 12.1 Å². The minimum atomic E-state index is -0.410. The van der Waals surface area contributed by atoms with Crippen LogP contribution in [0.3, 0.4) is 0 Å². The number of rotatable bonds is 2. The lowest BCUT2D eigenvalue weighted by atomic mass is 10.1. The van der Waals surface area contributed by atoms with Gasteiger partial charge in [-0.05, 0) is 48.8 Å². The molecule has 0 unspecified atom stereocenters. The fourth-order valence-corrected chi connectivity index (χ4v) is 2.14. The first-order valence-electron chi connectivity index (χ1n) is 5.79. The quantitative estimate of drug-likeness (QED) is 0.620. The lowest BCUT2D eigenvalue weighted by Crippen LogP contribution is -2.22. The Hall–Kier alpha value is -1.69. The Bertz CT molecular complexity index is 612. The third-order valence-electron chi connectivity index (χ3n) is 2.71. The van der Waals surface area contributed by atoms with Crippen molar-refractivity contribution in [2.24, 2.45) is 0 Å². The van der Waals surface area contributed by atoms with Gasteiger partial charge in [-0.2, -0.15) is 5.10 Å². The Kier molecular flexibility index (Phi) is 3.45. The van der Waals surface area contributed by atoms with Gasteiger partial charge in [0, 0.05) is 23.9 Å². The molecule has 0 aliphatic heterocycles. The molecule has 100 valence electrons. The minimum absolute atomic E-state index is 0.0788. The zero-order chi connectivity index (χ0) is 14.2. The SMILES string of the molecule is CC(C)(C)n1cc(Br)c(-c2ccc([N+](=O)[O-])cc2)n1. The van der Waals surface area contributed by atoms with Gasteiger partial charge in [0.05, 0.1) is 14.9 Å². The lowest BCUT2D eigenvalue weighted by Gasteiger charge is -2.18. The normalized spacial score (nSPS) is 11.6. The summed E-state index contributed by atoms with van der Waals surface area (Å²) in [6.07, 6.45) is 1.91. The summed E-state index contributed by atoms with van der Waals surface area (Å²) in [5, 5.41) is 15.2. The van der Waals surface area contributed by atoms with E-state index in [2.05, 4.69) is 41.8 Å². The maximum absolute atomic E-state index is 10.6. The van der Waals surface area contributed by atoms with Crippen LogP contribution >= 0.6 is 15.9 Å². The van der Waals surface area contributed by atoms with Crippen LogP contribution in [0.25, 0.3) is 11.3 Å². The molecule has 1 aromatic heterocycles. The summed E-state index contributed by atoms with van der Waals surface area (Å²) < 4.78 is 2.74. The van der Waals surface area contributed by atoms with Crippen LogP contribution in [-0.2, 0) is 5.54 Å². The fourth-order valence-electron chi connectivity index (χ4n) is 1.63. The molecule has 0 spiro atoms. The largest absolute Gasteiger partial charge is 0.269 e. The molecule has 5 nitrogen and oxygen atoms in total. The Balaban J connectivity index is 2.42. The van der Waals surface area contributed by atoms with Crippen molar-refractivity contribution in [3.05, 3.63) is 45.0 Å². The molecule has 0 amide bonds. The zero-order valence-electron chi connectivity index (χ0n) is 10.9. The molecule has 1 heterocycles. The maximum Gasteiger partial charge on any atom is 0.269 e. The summed E-state index contributed by atoms with van der Waals surface area (Å²) in [6.45, 7) is 6.18. The molecule has 0 aliphatic carbocycles. The first-order valence-corrected chi connectivity index (χ1v) is 6.59. The van der Waals surface area contributed by atoms with Crippen LogP contribution in [0, 0.1) is 10.1 Å². The zero-order valence-corrected chi connectivity index (χ0v) is 12.5. The third-order valence-corrected chi connectivity index (χ3v) is 3.29. The second-order valence-electron chi connectivity index (χ2n) is 5.25. The van der Waals surface area contributed by atoms with Crippen LogP contribution in [0.1, 0.15) is 20.8 Å². The number of hydrogen-bond donors (Lipinski definition) is 0. The van der Waals surface area contributed by atoms with Crippen molar-refractivity contribution in [2.75, 3.05) is 0 Å². The highest BCUT2D eigenvalue weighted by molar-refractivity contribution is 9.10. The van der Waals surface area contributed by atoms with Gasteiger partial charge in [0.1, 0.15) is 5.69 Å². The van der Waals surface area contributed by atoms with Gasteiger partial charge in [-0.15, -0.1) is 0 Å². The number of nitro groups is 1. The van der Waals surface area contributed by atoms with E-state index < -0.39 is 4.92 Å². The van der Waals surface area contributed by atoms with E-state index in [1.807, 2.05) is 10.9 Å². The van der Waals surface area contributed by atoms with Crippen molar-refractivity contribution in [1.29, 1.82) is 0 Å². The van der Waals surface area contributed by atoms with Crippen molar-refractivity contribution in [2.45, 2.75) is 26.3 Å². The van der Waals surface area contributed by atoms with Crippen molar-refractivity contribution >= 4 is 21.6 Å². The molecule has 6 heteroatoms. The maximum atomic E-state index is 10.6. The summed E-state index contributed by atoms with van der Waals surface area (Å²) >= 11 is 3.48. The van der Waals surface area contributed by atoms with Crippen molar-refractivity contribution in [3.8, 4) is 11.3 Å². The molecule has 2 aromatic rings. The smallest absolute Gasteiger partial charge is 0.266 e. The molecule has 2 rings (SSSR count). The highest BCUT2D eigenvalue weighted by Crippen LogP contribution is 2.30. The second kappa shape index (κ2) is 4.77. The summed E-state index contributed by atoms with van der Waals surface area (Å²) in [7, 11) is 0. The molecule has 0 aliphatic rings. The monoisotopic (exact) mass is 323 g/mol. The predicted molar refractivity (Wildman–Crippen MR) is 77.0 cm³/mol. The van der Waals surface area contributed by atoms with Gasteiger partial charge in [-0.3, -0.25) is 14.8 Å². The molecular formula is C13H14BrN3O2. The van der Waals surface area contributed by atoms with Gasteiger partial charge in [0.2, 0.25) is 0 Å². The van der Waals surface area contributed by atoms with Crippen molar-refractivity contribution in [1.82, 2.24) is 9.78 Å². The van der Waals surface area contributed by atoms with E-state index in [-0.39, 0.29) is 11.2 Å². The second-order valence-corrected chi connectivity index (χ2v) is 6.10. The van der Waals surface area contributed by atoms with E-state index in [0.29, 0.717) is 0 Å². The van der Waals surface area contributed by atoms with Crippen LogP contribution in [0.4, 0.5) is 5.69 Å². The van der Waals surface area contributed by atoms with Crippen molar-refractivity contribution < 1.29 is 4.92 Å². The fraction of sp³-hybridized carbons (Fsp3) is 0.308. The van der Waals surface area contributed by atoms with E-state index in [1.165, 1.54) is 12.1 Å². The average Bonchev–Trinajstić information content (AvgIpc) is 2.71. The third kappa shape index (κ3) is 2.84. The van der Waals surface area contributed by atoms with Crippen LogP contribution in [-0.4, -0.2) is 14.7 Å². The molecule has 0 saturated heterocycles. The molecule has 0 bridgehead atoms. The first-order chi connectivity index (χ1) is 8.79. The van der Waals surface area contributed by atoms with Gasteiger partial charge < -0.3 is 0 Å². The first kappa shape index (κ1) is 13.7. The van der Waals surface area contributed by atoms with Crippen LogP contribution in [0.15, 0.2) is 34.9 Å². The van der Waals surface area contributed by atoms with Gasteiger partial charge in [0.15, 0.2) is 0 Å². The highest BCUT2D eigenvalue weighted by atomic mass is 79.9. The number of aromatic nitrogens is 2. The van der Waals surface area contributed by atoms with Crippen LogP contribution in [0.5, 0.6) is 0 Å². The number of halogens is 1. The summed E-state index contributed by atoms with van der Waals surface area (Å²) in [5.41, 5.74) is 1.60. The molecule has 19 heavy (non-hydrogen) atoms. The molecule has 0 radical (unpaired) electrons. The molecule has 0 fully saturated rings. The average molecular weight is 324 g/mol. The van der Waals surface area contributed by atoms with E-state index in [0.717, 1.165) is 15.7 Å². The predicted octanol–water partition coefficient (Wildman–Crippen LogP) is 3.98. The summed E-state index contributed by atoms with van der Waals surface area (Å²) in [6, 6.07) is 6.38. The number of nitro benzene ring substituents is 1. The Morgan fingerprint density at radius 2 is 1.84 bits per heavy atom. The number of benzene rings is 1. The van der Waals surface area contributed by atoms with Gasteiger partial charge in [-0.25, -0.2) is 0 Å². The van der Waals surface area contributed by atoms with Crippen molar-refractivity contribution in [3.63, 3.8) is 0 Å². The number of nitrogens with zero attached hydrogens (tertiary/aromatic N) is 3. The molecular weight excluding hydrogens is 310 g/mol. The van der Waals surface area contributed by atoms with E-state index in [4.69, 9.17) is 0 Å². The summed E-state index contributed by atoms with van der Waals surface area (Å²) in [5.74, 6) is 0. The summed E-state index contributed by atoms with van der Waals surface area (Å²) in [4.78, 5) is 10.2. The van der Waals surface area contributed by atoms with Gasteiger partial charge in [-0.1, -0.05) is 0 Å². The Labute approximate surface area is 119 Å². The van der Waals surface area contributed by atoms with E-state index in [9.17, 15) is 10.1 Å². The van der Waals surface area contributed by atoms with Gasteiger partial charge in [0.25, 0.3) is 5.69 Å². The Morgan fingerprint density at radius 1 is 1.26 bits per heavy atom. The van der Waals surface area contributed by atoms with E-state index >= 15 is 0 Å². The minimum Gasteiger partial charge on any atom is -0.266 e. The standard InChI is InChI=1S/C13H14BrN3O2/c1-13(2,3)16-8-11(14)12(15-16)9-4-6-10(7-5-9)17(18)19/h4-8H,1-3H3. The number of hydrogen-bond acceptors (Lipinski definition) is 3. The molecule has 1 aromatic carbocycles. The lowest BCUT2D eigenvalue weighted by molar-refractivity contribution is -0.384. The Morgan fingerprint density at radius 3 is 2.26 bits per heavy atom. The topological polar surface area (TPSA) is 61.0 Å². The molecule has 0 saturated carbocycles. The molecule has 0 atom stereocenters. The van der Waals surface area contributed by atoms with Gasteiger partial charge >= 0.3 is 0 Å². The highest BCUT2D eigenvalue weighted by Gasteiger charge is 2.18. The molecule has 0 N–H and O–H groups in total. The van der Waals surface area contributed by atoms with Crippen LogP contribution < -0.4 is 0 Å². The number of non-ortho nitro benzene ring substituents is 1. The van der Waals surface area contributed by atoms with Crippen LogP contribution in [0.2, 0.25) is 0 Å².